The Kier molecular flexibility index (Phi) is 5.36. The van der Waals surface area contributed by atoms with Gasteiger partial charge in [-0.2, -0.15) is 0 Å². The third-order valence-electron chi connectivity index (χ3n) is 2.17. The Hall–Kier alpha value is -0.870. The molecule has 4 nitrogen and oxygen atoms in total. The highest BCUT2D eigenvalue weighted by atomic mass is 16.5. The van der Waals surface area contributed by atoms with Gasteiger partial charge in [-0.3, -0.25) is 0 Å². The zero-order valence-corrected chi connectivity index (χ0v) is 9.75. The number of hydrogen-bond donors (Lipinski definition) is 1. The van der Waals surface area contributed by atoms with E-state index in [4.69, 9.17) is 9.15 Å². The fourth-order valence-corrected chi connectivity index (χ4v) is 1.36. The maximum atomic E-state index is 5.47. The average Bonchev–Trinajstić information content (AvgIpc) is 2.66. The molecule has 86 valence electrons. The van der Waals surface area contributed by atoms with E-state index >= 15 is 0 Å². The highest BCUT2D eigenvalue weighted by Crippen LogP contribution is 2.03. The number of ether oxygens (including phenoxy) is 1. The molecule has 4 heteroatoms. The molecule has 1 atom stereocenters. The highest BCUT2D eigenvalue weighted by Gasteiger charge is 2.04. The van der Waals surface area contributed by atoms with Gasteiger partial charge in [0.15, 0.2) is 0 Å². The van der Waals surface area contributed by atoms with Crippen molar-refractivity contribution >= 4 is 0 Å². The maximum absolute atomic E-state index is 5.47. The van der Waals surface area contributed by atoms with Crippen molar-refractivity contribution in [2.75, 3.05) is 20.3 Å². The summed E-state index contributed by atoms with van der Waals surface area (Å²) in [5, 5.41) is 3.29. The van der Waals surface area contributed by atoms with E-state index in [1.165, 1.54) is 0 Å². The van der Waals surface area contributed by atoms with Crippen molar-refractivity contribution in [3.05, 3.63) is 17.8 Å². The van der Waals surface area contributed by atoms with Gasteiger partial charge in [0.25, 0.3) is 0 Å². The summed E-state index contributed by atoms with van der Waals surface area (Å²) in [6.45, 7) is 6.58. The van der Waals surface area contributed by atoms with E-state index in [1.54, 1.807) is 13.3 Å². The van der Waals surface area contributed by atoms with Crippen molar-refractivity contribution in [1.82, 2.24) is 10.3 Å². The van der Waals surface area contributed by atoms with Gasteiger partial charge in [-0.15, -0.1) is 0 Å². The molecule has 0 aromatic carbocycles. The topological polar surface area (TPSA) is 47.3 Å². The molecule has 0 aliphatic heterocycles. The Labute approximate surface area is 91.0 Å². The van der Waals surface area contributed by atoms with Gasteiger partial charge in [0, 0.05) is 26.7 Å². The Balaban J connectivity index is 2.19. The van der Waals surface area contributed by atoms with Crippen molar-refractivity contribution < 1.29 is 9.15 Å². The van der Waals surface area contributed by atoms with Gasteiger partial charge in [0.1, 0.15) is 5.76 Å². The maximum Gasteiger partial charge on any atom is 0.208 e. The molecule has 0 saturated carbocycles. The first kappa shape index (κ1) is 12.2. The van der Waals surface area contributed by atoms with Crippen LogP contribution in [0.5, 0.6) is 0 Å². The van der Waals surface area contributed by atoms with E-state index in [9.17, 15) is 0 Å². The number of methoxy groups -OCH3 is 1. The van der Waals surface area contributed by atoms with Crippen LogP contribution in [0.3, 0.4) is 0 Å². The Morgan fingerprint density at radius 3 is 3.00 bits per heavy atom. The molecule has 0 aliphatic carbocycles. The largest absolute Gasteiger partial charge is 0.444 e. The van der Waals surface area contributed by atoms with Crippen LogP contribution in [0.2, 0.25) is 0 Å². The van der Waals surface area contributed by atoms with E-state index < -0.39 is 0 Å². The van der Waals surface area contributed by atoms with Gasteiger partial charge < -0.3 is 14.5 Å². The van der Waals surface area contributed by atoms with E-state index in [1.807, 2.05) is 0 Å². The van der Waals surface area contributed by atoms with Crippen LogP contribution in [-0.4, -0.2) is 25.2 Å². The second kappa shape index (κ2) is 6.58. The van der Waals surface area contributed by atoms with Crippen molar-refractivity contribution in [3.8, 4) is 0 Å². The molecule has 0 spiro atoms. The number of hydrogen-bond acceptors (Lipinski definition) is 4. The first-order valence-corrected chi connectivity index (χ1v) is 5.39. The fraction of sp³-hybridized carbons (Fsp3) is 0.727. The van der Waals surface area contributed by atoms with Gasteiger partial charge >= 0.3 is 0 Å². The lowest BCUT2D eigenvalue weighted by molar-refractivity contribution is 0.158. The van der Waals surface area contributed by atoms with Gasteiger partial charge in [-0.05, 0) is 5.92 Å². The van der Waals surface area contributed by atoms with E-state index in [2.05, 4.69) is 24.1 Å². The second-order valence-electron chi connectivity index (χ2n) is 3.77. The molecular weight excluding hydrogens is 192 g/mol. The smallest absolute Gasteiger partial charge is 0.208 e. The second-order valence-corrected chi connectivity index (χ2v) is 3.77. The van der Waals surface area contributed by atoms with Gasteiger partial charge in [-0.1, -0.05) is 13.8 Å². The molecule has 1 heterocycles. The monoisotopic (exact) mass is 212 g/mol. The molecule has 1 aromatic rings. The van der Waals surface area contributed by atoms with Crippen LogP contribution < -0.4 is 5.32 Å². The van der Waals surface area contributed by atoms with Crippen molar-refractivity contribution in [2.24, 2.45) is 5.92 Å². The van der Waals surface area contributed by atoms with E-state index in [0.29, 0.717) is 12.5 Å². The first-order chi connectivity index (χ1) is 7.26. The van der Waals surface area contributed by atoms with Crippen molar-refractivity contribution in [2.45, 2.75) is 26.8 Å². The fourth-order valence-electron chi connectivity index (χ4n) is 1.36. The molecule has 1 aromatic heterocycles. The van der Waals surface area contributed by atoms with Crippen LogP contribution in [-0.2, 0) is 17.7 Å². The average molecular weight is 212 g/mol. The molecule has 0 bridgehead atoms. The summed E-state index contributed by atoms with van der Waals surface area (Å²) in [6.07, 6.45) is 2.68. The normalized spacial score (nSPS) is 13.0. The Morgan fingerprint density at radius 2 is 2.40 bits per heavy atom. The third-order valence-corrected chi connectivity index (χ3v) is 2.17. The van der Waals surface area contributed by atoms with Crippen LogP contribution in [0, 0.1) is 5.92 Å². The zero-order chi connectivity index (χ0) is 11.1. The third kappa shape index (κ3) is 4.44. The van der Waals surface area contributed by atoms with Crippen molar-refractivity contribution in [3.63, 3.8) is 0 Å². The SMILES string of the molecule is CCc1cnc(CNCC(C)COC)o1. The molecule has 0 radical (unpaired) electrons. The van der Waals surface area contributed by atoms with E-state index in [-0.39, 0.29) is 0 Å². The summed E-state index contributed by atoms with van der Waals surface area (Å²) in [7, 11) is 1.72. The molecule has 0 amide bonds. The van der Waals surface area contributed by atoms with Crippen LogP contribution in [0.25, 0.3) is 0 Å². The van der Waals surface area contributed by atoms with Gasteiger partial charge in [-0.25, -0.2) is 4.98 Å². The summed E-state index contributed by atoms with van der Waals surface area (Å²) in [6, 6.07) is 0. The standard InChI is InChI=1S/C11H20N2O2/c1-4-10-6-13-11(15-10)7-12-5-9(2)8-14-3/h6,9,12H,4-5,7-8H2,1-3H3. The van der Waals surface area contributed by atoms with Crippen molar-refractivity contribution in [1.29, 1.82) is 0 Å². The highest BCUT2D eigenvalue weighted by molar-refractivity contribution is 4.93. The van der Waals surface area contributed by atoms with E-state index in [0.717, 1.165) is 31.2 Å². The predicted molar refractivity (Wildman–Crippen MR) is 58.6 cm³/mol. The Morgan fingerprint density at radius 1 is 1.60 bits per heavy atom. The molecule has 15 heavy (non-hydrogen) atoms. The summed E-state index contributed by atoms with van der Waals surface area (Å²) in [5.74, 6) is 2.21. The molecule has 1 rings (SSSR count). The first-order valence-electron chi connectivity index (χ1n) is 5.39. The molecule has 1 unspecified atom stereocenters. The quantitative estimate of drug-likeness (QED) is 0.746. The number of aromatic nitrogens is 1. The number of nitrogens with zero attached hydrogens (tertiary/aromatic N) is 1. The summed E-state index contributed by atoms with van der Waals surface area (Å²) in [5.41, 5.74) is 0. The number of rotatable bonds is 7. The number of nitrogens with one attached hydrogen (secondary N) is 1. The number of aryl methyl sites for hydroxylation is 1. The number of oxazole rings is 1. The summed E-state index contributed by atoms with van der Waals surface area (Å²) >= 11 is 0. The predicted octanol–water partition coefficient (Wildman–Crippen LogP) is 1.61. The molecule has 0 fully saturated rings. The molecule has 0 saturated heterocycles. The van der Waals surface area contributed by atoms with Crippen LogP contribution in [0.1, 0.15) is 25.5 Å². The summed E-state index contributed by atoms with van der Waals surface area (Å²) in [4.78, 5) is 4.17. The summed E-state index contributed by atoms with van der Waals surface area (Å²) < 4.78 is 10.5. The zero-order valence-electron chi connectivity index (χ0n) is 9.75. The minimum absolute atomic E-state index is 0.510. The van der Waals surface area contributed by atoms with Crippen LogP contribution in [0.4, 0.5) is 0 Å². The van der Waals surface area contributed by atoms with Crippen LogP contribution >= 0.6 is 0 Å². The van der Waals surface area contributed by atoms with Crippen LogP contribution in [0.15, 0.2) is 10.6 Å². The molecule has 1 N–H and O–H groups in total. The lowest BCUT2D eigenvalue weighted by Crippen LogP contribution is -2.23. The Bertz CT molecular complexity index is 273. The molecular formula is C11H20N2O2. The minimum atomic E-state index is 0.510. The van der Waals surface area contributed by atoms with Gasteiger partial charge in [0.05, 0.1) is 12.7 Å². The minimum Gasteiger partial charge on any atom is -0.444 e. The molecule has 0 aliphatic rings. The van der Waals surface area contributed by atoms with Gasteiger partial charge in [0.2, 0.25) is 5.89 Å². The lowest BCUT2D eigenvalue weighted by atomic mass is 10.2. The lowest BCUT2D eigenvalue weighted by Gasteiger charge is -2.09.